The van der Waals surface area contributed by atoms with Gasteiger partial charge in [-0.3, -0.25) is 14.8 Å². The standard InChI is InChI=1S/C31H25N7O/c39-31-27(23-13-14-24-22(18-23)12-7-15-33-24)29(35-25-19-32-16-17-34-25)36-30-26(20-8-3-1-4-9-20)28(37-38(30)31)21-10-5-2-6-11-21/h1-3,5-7,10-20,36H,4,8-9H2,(H,34,35). The average molecular weight is 512 g/mol. The Hall–Kier alpha value is -5.11. The molecule has 2 aromatic carbocycles. The van der Waals surface area contributed by atoms with Crippen molar-refractivity contribution in [1.29, 1.82) is 0 Å². The summed E-state index contributed by atoms with van der Waals surface area (Å²) < 4.78 is 1.53. The smallest absolute Gasteiger partial charge is 0.284 e. The molecular formula is C31H25N7O. The molecule has 1 aliphatic carbocycles. The van der Waals surface area contributed by atoms with Crippen LogP contribution in [0.5, 0.6) is 0 Å². The zero-order valence-corrected chi connectivity index (χ0v) is 21.1. The maximum Gasteiger partial charge on any atom is 0.284 e. The van der Waals surface area contributed by atoms with Gasteiger partial charge in [-0.2, -0.15) is 9.61 Å². The number of hydrogen-bond acceptors (Lipinski definition) is 6. The van der Waals surface area contributed by atoms with Crippen molar-refractivity contribution >= 4 is 28.2 Å². The second-order valence-corrected chi connectivity index (χ2v) is 9.68. The highest BCUT2D eigenvalue weighted by Gasteiger charge is 2.27. The number of hydrogen-bond donors (Lipinski definition) is 2. The predicted molar refractivity (Wildman–Crippen MR) is 153 cm³/mol. The summed E-state index contributed by atoms with van der Waals surface area (Å²) in [4.78, 5) is 30.9. The van der Waals surface area contributed by atoms with Gasteiger partial charge < -0.3 is 10.3 Å². The quantitative estimate of drug-likeness (QED) is 0.265. The summed E-state index contributed by atoms with van der Waals surface area (Å²) in [6, 6.07) is 19.8. The van der Waals surface area contributed by atoms with Crippen molar-refractivity contribution in [2.45, 2.75) is 25.2 Å². The molecule has 39 heavy (non-hydrogen) atoms. The van der Waals surface area contributed by atoms with Crippen LogP contribution in [0.1, 0.15) is 30.7 Å². The fraction of sp³-hybridized carbons (Fsp3) is 0.129. The van der Waals surface area contributed by atoms with E-state index in [1.54, 1.807) is 24.8 Å². The molecule has 0 bridgehead atoms. The Balaban J connectivity index is 1.52. The van der Waals surface area contributed by atoms with E-state index in [9.17, 15) is 4.79 Å². The van der Waals surface area contributed by atoms with Crippen molar-refractivity contribution < 1.29 is 0 Å². The van der Waals surface area contributed by atoms with E-state index in [1.807, 2.05) is 60.7 Å². The molecule has 0 saturated carbocycles. The number of rotatable bonds is 5. The minimum absolute atomic E-state index is 0.215. The number of H-pyrrole nitrogens is 1. The number of benzene rings is 2. The largest absolute Gasteiger partial charge is 0.325 e. The van der Waals surface area contributed by atoms with E-state index in [1.165, 1.54) is 4.52 Å². The molecule has 2 N–H and O–H groups in total. The van der Waals surface area contributed by atoms with E-state index in [-0.39, 0.29) is 11.5 Å². The van der Waals surface area contributed by atoms with Gasteiger partial charge in [-0.25, -0.2) is 4.98 Å². The van der Waals surface area contributed by atoms with Crippen LogP contribution in [0, 0.1) is 0 Å². The summed E-state index contributed by atoms with van der Waals surface area (Å²) in [6.45, 7) is 0. The third-order valence-electron chi connectivity index (χ3n) is 7.25. The molecule has 8 nitrogen and oxygen atoms in total. The van der Waals surface area contributed by atoms with Gasteiger partial charge >= 0.3 is 0 Å². The van der Waals surface area contributed by atoms with Gasteiger partial charge in [-0.1, -0.05) is 54.6 Å². The lowest BCUT2D eigenvalue weighted by molar-refractivity contribution is 0.621. The minimum atomic E-state index is -0.215. The molecule has 0 saturated heterocycles. The predicted octanol–water partition coefficient (Wildman–Crippen LogP) is 6.26. The number of nitrogens with zero attached hydrogens (tertiary/aromatic N) is 5. The van der Waals surface area contributed by atoms with Gasteiger partial charge in [-0.15, -0.1) is 0 Å². The molecule has 1 aliphatic rings. The van der Waals surface area contributed by atoms with Crippen molar-refractivity contribution in [3.05, 3.63) is 114 Å². The first-order valence-electron chi connectivity index (χ1n) is 13.0. The molecule has 0 amide bonds. The van der Waals surface area contributed by atoms with E-state index < -0.39 is 0 Å². The topological polar surface area (TPSA) is 101 Å². The van der Waals surface area contributed by atoms with Crippen molar-refractivity contribution in [2.75, 3.05) is 5.32 Å². The van der Waals surface area contributed by atoms with Gasteiger partial charge in [0.05, 0.1) is 23.0 Å². The lowest BCUT2D eigenvalue weighted by Gasteiger charge is -2.19. The molecule has 0 fully saturated rings. The Labute approximate surface area is 224 Å². The van der Waals surface area contributed by atoms with Crippen LogP contribution in [0.25, 0.3) is 38.9 Å². The van der Waals surface area contributed by atoms with E-state index in [0.29, 0.717) is 22.8 Å². The first-order chi connectivity index (χ1) is 19.3. The normalized spacial score (nSPS) is 15.1. The lowest BCUT2D eigenvalue weighted by atomic mass is 9.86. The van der Waals surface area contributed by atoms with Gasteiger partial charge in [0.1, 0.15) is 17.3 Å². The maximum absolute atomic E-state index is 14.3. The molecule has 7 rings (SSSR count). The van der Waals surface area contributed by atoms with E-state index in [4.69, 9.17) is 5.10 Å². The number of nitrogens with one attached hydrogen (secondary N) is 2. The van der Waals surface area contributed by atoms with E-state index >= 15 is 0 Å². The van der Waals surface area contributed by atoms with Gasteiger partial charge in [0.15, 0.2) is 0 Å². The molecule has 6 aromatic rings. The van der Waals surface area contributed by atoms with Gasteiger partial charge in [0.2, 0.25) is 0 Å². The Bertz CT molecular complexity index is 1890. The van der Waals surface area contributed by atoms with Crippen molar-refractivity contribution in [2.24, 2.45) is 0 Å². The Morgan fingerprint density at radius 1 is 0.923 bits per heavy atom. The van der Waals surface area contributed by atoms with Gasteiger partial charge in [-0.05, 0) is 48.9 Å². The number of allylic oxidation sites excluding steroid dienone is 2. The second-order valence-electron chi connectivity index (χ2n) is 9.68. The second kappa shape index (κ2) is 9.64. The first kappa shape index (κ1) is 23.0. The number of anilines is 2. The molecular weight excluding hydrogens is 486 g/mol. The molecule has 4 heterocycles. The molecule has 0 spiro atoms. The van der Waals surface area contributed by atoms with Crippen LogP contribution in [-0.2, 0) is 0 Å². The van der Waals surface area contributed by atoms with Crippen LogP contribution in [0.15, 0.2) is 102 Å². The highest BCUT2D eigenvalue weighted by molar-refractivity contribution is 5.88. The van der Waals surface area contributed by atoms with Crippen LogP contribution >= 0.6 is 0 Å². The van der Waals surface area contributed by atoms with Crippen LogP contribution in [0.4, 0.5) is 11.6 Å². The Morgan fingerprint density at radius 2 is 1.85 bits per heavy atom. The van der Waals surface area contributed by atoms with Crippen LogP contribution in [-0.4, -0.2) is 29.5 Å². The SMILES string of the molecule is O=c1c(-c2ccc3ncccc3c2)c(Nc2cnccn2)[nH]c2c(C3CC=CCC3)c(-c3ccccc3)nn12. The zero-order valence-electron chi connectivity index (χ0n) is 21.1. The molecule has 1 atom stereocenters. The van der Waals surface area contributed by atoms with Crippen molar-refractivity contribution in [3.8, 4) is 22.4 Å². The van der Waals surface area contributed by atoms with Crippen LogP contribution < -0.4 is 10.9 Å². The first-order valence-corrected chi connectivity index (χ1v) is 13.0. The van der Waals surface area contributed by atoms with Crippen LogP contribution in [0.2, 0.25) is 0 Å². The van der Waals surface area contributed by atoms with Gasteiger partial charge in [0, 0.05) is 35.1 Å². The monoisotopic (exact) mass is 511 g/mol. The minimum Gasteiger partial charge on any atom is -0.325 e. The lowest BCUT2D eigenvalue weighted by Crippen LogP contribution is -2.20. The fourth-order valence-corrected chi connectivity index (χ4v) is 5.43. The average Bonchev–Trinajstić information content (AvgIpc) is 3.38. The summed E-state index contributed by atoms with van der Waals surface area (Å²) in [5.41, 5.74) is 5.43. The highest BCUT2D eigenvalue weighted by Crippen LogP contribution is 2.39. The number of aromatic amines is 1. The molecule has 0 radical (unpaired) electrons. The molecule has 8 heteroatoms. The zero-order chi connectivity index (χ0) is 26.2. The summed E-state index contributed by atoms with van der Waals surface area (Å²) >= 11 is 0. The maximum atomic E-state index is 14.3. The number of aromatic nitrogens is 6. The molecule has 190 valence electrons. The number of pyridine rings is 1. The van der Waals surface area contributed by atoms with Gasteiger partial charge in [0.25, 0.3) is 5.56 Å². The fourth-order valence-electron chi connectivity index (χ4n) is 5.43. The Kier molecular flexibility index (Phi) is 5.70. The summed E-state index contributed by atoms with van der Waals surface area (Å²) in [5.74, 6) is 1.31. The van der Waals surface area contributed by atoms with E-state index in [0.717, 1.165) is 52.5 Å². The summed E-state index contributed by atoms with van der Waals surface area (Å²) in [6.07, 6.45) is 14.0. The molecule has 1 unspecified atom stereocenters. The highest BCUT2D eigenvalue weighted by atomic mass is 16.1. The summed E-state index contributed by atoms with van der Waals surface area (Å²) in [5, 5.41) is 9.21. The molecule has 4 aromatic heterocycles. The van der Waals surface area contributed by atoms with E-state index in [2.05, 4.69) is 37.4 Å². The summed E-state index contributed by atoms with van der Waals surface area (Å²) in [7, 11) is 0. The third-order valence-corrected chi connectivity index (χ3v) is 7.25. The number of fused-ring (bicyclic) bond motifs is 2. The molecule has 0 aliphatic heterocycles. The van der Waals surface area contributed by atoms with Crippen molar-refractivity contribution in [1.82, 2.24) is 29.5 Å². The Morgan fingerprint density at radius 3 is 2.67 bits per heavy atom. The van der Waals surface area contributed by atoms with Crippen LogP contribution in [0.3, 0.4) is 0 Å². The van der Waals surface area contributed by atoms with Crippen molar-refractivity contribution in [3.63, 3.8) is 0 Å². The third kappa shape index (κ3) is 4.16.